The Labute approximate surface area is 106 Å². The Morgan fingerprint density at radius 3 is 2.28 bits per heavy atom. The Kier molecular flexibility index (Phi) is 4.63. The van der Waals surface area contributed by atoms with Gasteiger partial charge >= 0.3 is 0 Å². The molecule has 0 aromatic heterocycles. The second-order valence-corrected chi connectivity index (χ2v) is 5.49. The van der Waals surface area contributed by atoms with Gasteiger partial charge in [0.15, 0.2) is 0 Å². The normalized spacial score (nSPS) is 11.4. The minimum atomic E-state index is -3.77. The number of nitrogens with two attached hydrogens (primary N) is 1. The van der Waals surface area contributed by atoms with Crippen LogP contribution in [0.4, 0.5) is 10.1 Å². The molecule has 0 aliphatic carbocycles. The summed E-state index contributed by atoms with van der Waals surface area (Å²) in [7, 11) is -3.77. The van der Waals surface area contributed by atoms with Gasteiger partial charge in [0, 0.05) is 13.1 Å². The molecule has 4 nitrogen and oxygen atoms in total. The highest BCUT2D eigenvalue weighted by atomic mass is 32.2. The van der Waals surface area contributed by atoms with Crippen molar-refractivity contribution in [2.24, 2.45) is 0 Å². The third kappa shape index (κ3) is 2.96. The van der Waals surface area contributed by atoms with E-state index in [1.807, 2.05) is 0 Å². The minimum absolute atomic E-state index is 0.117. The van der Waals surface area contributed by atoms with Crippen LogP contribution in [0.1, 0.15) is 0 Å². The third-order valence-corrected chi connectivity index (χ3v) is 4.16. The summed E-state index contributed by atoms with van der Waals surface area (Å²) in [5.41, 5.74) is 5.42. The van der Waals surface area contributed by atoms with Crippen LogP contribution in [-0.4, -0.2) is 25.8 Å². The first-order valence-corrected chi connectivity index (χ1v) is 6.64. The largest absolute Gasteiger partial charge is 0.398 e. The van der Waals surface area contributed by atoms with E-state index in [-0.39, 0.29) is 23.7 Å². The molecule has 0 amide bonds. The Bertz CT molecular complexity index is 545. The van der Waals surface area contributed by atoms with Crippen LogP contribution in [-0.2, 0) is 10.0 Å². The second kappa shape index (κ2) is 5.79. The minimum Gasteiger partial charge on any atom is -0.398 e. The zero-order chi connectivity index (χ0) is 13.8. The fraction of sp³-hybridized carbons (Fsp3) is 0.167. The molecule has 1 aromatic rings. The van der Waals surface area contributed by atoms with Crippen molar-refractivity contribution in [1.29, 1.82) is 0 Å². The number of nitrogen functional groups attached to an aromatic ring is 1. The first kappa shape index (κ1) is 14.4. The van der Waals surface area contributed by atoms with Gasteiger partial charge in [-0.2, -0.15) is 4.31 Å². The summed E-state index contributed by atoms with van der Waals surface area (Å²) in [6.45, 7) is 7.25. The zero-order valence-corrected chi connectivity index (χ0v) is 10.7. The summed E-state index contributed by atoms with van der Waals surface area (Å²) < 4.78 is 38.6. The number of sulfonamides is 1. The van der Waals surface area contributed by atoms with E-state index in [1.54, 1.807) is 0 Å². The average Bonchev–Trinajstić information content (AvgIpc) is 2.28. The van der Waals surface area contributed by atoms with Crippen LogP contribution in [0, 0.1) is 5.82 Å². The van der Waals surface area contributed by atoms with Crippen LogP contribution in [0.3, 0.4) is 0 Å². The van der Waals surface area contributed by atoms with Crippen molar-refractivity contribution in [3.05, 3.63) is 49.3 Å². The van der Waals surface area contributed by atoms with Crippen molar-refractivity contribution in [3.8, 4) is 0 Å². The monoisotopic (exact) mass is 270 g/mol. The van der Waals surface area contributed by atoms with Crippen molar-refractivity contribution in [2.75, 3.05) is 18.8 Å². The molecule has 6 heteroatoms. The summed E-state index contributed by atoms with van der Waals surface area (Å²) in [6, 6.07) is 3.19. The molecule has 1 aromatic carbocycles. The van der Waals surface area contributed by atoms with Crippen molar-refractivity contribution in [3.63, 3.8) is 0 Å². The smallest absolute Gasteiger partial charge is 0.245 e. The van der Waals surface area contributed by atoms with Gasteiger partial charge in [-0.3, -0.25) is 0 Å². The predicted octanol–water partition coefficient (Wildman–Crippen LogP) is 1.77. The lowest BCUT2D eigenvalue weighted by molar-refractivity contribution is 0.474. The molecule has 98 valence electrons. The predicted molar refractivity (Wildman–Crippen MR) is 70.0 cm³/mol. The molecule has 2 N–H and O–H groups in total. The van der Waals surface area contributed by atoms with Gasteiger partial charge in [0.2, 0.25) is 10.0 Å². The summed E-state index contributed by atoms with van der Waals surface area (Å²) in [6.07, 6.45) is 2.92. The van der Waals surface area contributed by atoms with Crippen LogP contribution in [0.15, 0.2) is 48.4 Å². The van der Waals surface area contributed by atoms with E-state index in [0.29, 0.717) is 0 Å². The van der Waals surface area contributed by atoms with Gasteiger partial charge in [0.25, 0.3) is 0 Å². The Morgan fingerprint density at radius 1 is 1.28 bits per heavy atom. The van der Waals surface area contributed by atoms with E-state index >= 15 is 0 Å². The molecule has 0 aliphatic rings. The van der Waals surface area contributed by atoms with E-state index in [1.165, 1.54) is 12.2 Å². The number of nitrogens with zero attached hydrogens (tertiary/aromatic N) is 1. The summed E-state index contributed by atoms with van der Waals surface area (Å²) in [5.74, 6) is -0.578. The highest BCUT2D eigenvalue weighted by molar-refractivity contribution is 7.89. The number of hydrogen-bond donors (Lipinski definition) is 1. The van der Waals surface area contributed by atoms with Crippen molar-refractivity contribution in [2.45, 2.75) is 4.90 Å². The number of hydrogen-bond acceptors (Lipinski definition) is 3. The van der Waals surface area contributed by atoms with Gasteiger partial charge in [0.1, 0.15) is 10.7 Å². The van der Waals surface area contributed by atoms with Crippen LogP contribution in [0.25, 0.3) is 0 Å². The maximum absolute atomic E-state index is 12.9. The lowest BCUT2D eigenvalue weighted by Crippen LogP contribution is -2.31. The van der Waals surface area contributed by atoms with Gasteiger partial charge in [0.05, 0.1) is 5.69 Å². The van der Waals surface area contributed by atoms with Crippen LogP contribution in [0.2, 0.25) is 0 Å². The van der Waals surface area contributed by atoms with E-state index in [0.717, 1.165) is 22.5 Å². The van der Waals surface area contributed by atoms with Crippen LogP contribution >= 0.6 is 0 Å². The molecule has 0 heterocycles. The van der Waals surface area contributed by atoms with Crippen molar-refractivity contribution in [1.82, 2.24) is 4.31 Å². The average molecular weight is 270 g/mol. The topological polar surface area (TPSA) is 63.4 Å². The molecule has 0 saturated heterocycles. The standard InChI is InChI=1S/C12H15FN2O2S/c1-3-7-15(8-4-2)18(16,17)12-6-5-10(13)9-11(12)14/h3-6,9H,1-2,7-8,14H2. The fourth-order valence-corrected chi connectivity index (χ4v) is 2.93. The van der Waals surface area contributed by atoms with E-state index in [2.05, 4.69) is 13.2 Å². The Hall–Kier alpha value is -1.66. The SMILES string of the molecule is C=CCN(CC=C)S(=O)(=O)c1ccc(F)cc1N. The summed E-state index contributed by atoms with van der Waals surface area (Å²) in [4.78, 5) is -0.118. The third-order valence-electron chi connectivity index (χ3n) is 2.26. The van der Waals surface area contributed by atoms with Crippen molar-refractivity contribution < 1.29 is 12.8 Å². The Morgan fingerprint density at radius 2 is 1.83 bits per heavy atom. The summed E-state index contributed by atoms with van der Waals surface area (Å²) >= 11 is 0. The first-order chi connectivity index (χ1) is 8.43. The van der Waals surface area contributed by atoms with E-state index in [4.69, 9.17) is 5.73 Å². The van der Waals surface area contributed by atoms with Gasteiger partial charge in [-0.05, 0) is 18.2 Å². The number of anilines is 1. The molecule has 0 radical (unpaired) electrons. The highest BCUT2D eigenvalue weighted by Gasteiger charge is 2.24. The Balaban J connectivity index is 3.25. The number of benzene rings is 1. The molecular formula is C12H15FN2O2S. The molecule has 0 bridgehead atoms. The second-order valence-electron chi connectivity index (χ2n) is 3.58. The van der Waals surface area contributed by atoms with Gasteiger partial charge in [-0.25, -0.2) is 12.8 Å². The molecule has 0 atom stereocenters. The first-order valence-electron chi connectivity index (χ1n) is 5.20. The molecule has 0 fully saturated rings. The summed E-state index contributed by atoms with van der Waals surface area (Å²) in [5, 5.41) is 0. The molecule has 0 saturated carbocycles. The van der Waals surface area contributed by atoms with Crippen molar-refractivity contribution >= 4 is 15.7 Å². The van der Waals surface area contributed by atoms with E-state index in [9.17, 15) is 12.8 Å². The van der Waals surface area contributed by atoms with Crippen LogP contribution < -0.4 is 5.73 Å². The maximum Gasteiger partial charge on any atom is 0.245 e. The number of halogens is 1. The van der Waals surface area contributed by atoms with Gasteiger partial charge in [-0.1, -0.05) is 12.2 Å². The lowest BCUT2D eigenvalue weighted by Gasteiger charge is -2.19. The lowest BCUT2D eigenvalue weighted by atomic mass is 10.3. The molecule has 0 aliphatic heterocycles. The molecular weight excluding hydrogens is 255 g/mol. The number of rotatable bonds is 6. The highest BCUT2D eigenvalue weighted by Crippen LogP contribution is 2.23. The van der Waals surface area contributed by atoms with E-state index < -0.39 is 15.8 Å². The van der Waals surface area contributed by atoms with Gasteiger partial charge < -0.3 is 5.73 Å². The molecule has 18 heavy (non-hydrogen) atoms. The molecule has 0 unspecified atom stereocenters. The van der Waals surface area contributed by atoms with Crippen LogP contribution in [0.5, 0.6) is 0 Å². The maximum atomic E-state index is 12.9. The molecule has 0 spiro atoms. The zero-order valence-electron chi connectivity index (χ0n) is 9.84. The fourth-order valence-electron chi connectivity index (χ4n) is 1.45. The van der Waals surface area contributed by atoms with Gasteiger partial charge in [-0.15, -0.1) is 13.2 Å². The molecule has 1 rings (SSSR count). The quantitative estimate of drug-likeness (QED) is 0.633.